The molecule has 0 radical (unpaired) electrons. The highest BCUT2D eigenvalue weighted by Gasteiger charge is 2.34. The number of hydrogen-bond acceptors (Lipinski definition) is 5. The number of aliphatic hydroxyl groups is 1. The zero-order valence-electron chi connectivity index (χ0n) is 14.3. The molecular weight excluding hydrogens is 324 g/mol. The summed E-state index contributed by atoms with van der Waals surface area (Å²) >= 11 is 0. The van der Waals surface area contributed by atoms with Gasteiger partial charge in [0.15, 0.2) is 11.9 Å². The van der Waals surface area contributed by atoms with Crippen molar-refractivity contribution in [1.82, 2.24) is 20.0 Å². The number of aliphatic hydroxyl groups excluding tert-OH is 1. The summed E-state index contributed by atoms with van der Waals surface area (Å²) in [6, 6.07) is 5.20. The molecule has 1 saturated carbocycles. The summed E-state index contributed by atoms with van der Waals surface area (Å²) in [5.41, 5.74) is 0.415. The average Bonchev–Trinajstić information content (AvgIpc) is 3.19. The molecule has 1 aliphatic carbocycles. The number of hydrogen-bond donors (Lipinski definition) is 2. The predicted octanol–water partition coefficient (Wildman–Crippen LogP) is 0.776. The lowest BCUT2D eigenvalue weighted by molar-refractivity contribution is -0.130. The molecular formula is C17H22N4O4. The molecule has 2 aromatic rings. The maximum absolute atomic E-state index is 12.5. The number of nitrogens with zero attached hydrogens (tertiary/aromatic N) is 3. The summed E-state index contributed by atoms with van der Waals surface area (Å²) in [5.74, 6) is 0.315. The molecule has 1 unspecified atom stereocenters. The van der Waals surface area contributed by atoms with E-state index in [1.54, 1.807) is 37.1 Å². The van der Waals surface area contributed by atoms with Gasteiger partial charge in [0, 0.05) is 32.4 Å². The van der Waals surface area contributed by atoms with Gasteiger partial charge in [0.25, 0.3) is 11.8 Å². The minimum atomic E-state index is -1.29. The van der Waals surface area contributed by atoms with Gasteiger partial charge < -0.3 is 19.7 Å². The van der Waals surface area contributed by atoms with Gasteiger partial charge in [0.05, 0.1) is 5.69 Å². The number of carbonyl (C=O) groups excluding carboxylic acids is 2. The van der Waals surface area contributed by atoms with Crippen LogP contribution in [0.4, 0.5) is 0 Å². The average molecular weight is 346 g/mol. The van der Waals surface area contributed by atoms with Gasteiger partial charge in [-0.1, -0.05) is 0 Å². The van der Waals surface area contributed by atoms with E-state index < -0.39 is 12.0 Å². The van der Waals surface area contributed by atoms with E-state index in [9.17, 15) is 14.7 Å². The maximum Gasteiger partial charge on any atom is 0.289 e. The first-order chi connectivity index (χ1) is 12.0. The highest BCUT2D eigenvalue weighted by Crippen LogP contribution is 2.28. The lowest BCUT2D eigenvalue weighted by atomic mass is 10.2. The molecule has 0 aromatic carbocycles. The number of aryl methyl sites for hydroxylation is 2. The van der Waals surface area contributed by atoms with Gasteiger partial charge in [-0.25, -0.2) is 0 Å². The largest absolute Gasteiger partial charge is 0.456 e. The number of amides is 2. The SMILES string of the molecule is Cc1ccc(C(=O)N(CCNC(=O)C(O)c2ccnn2C)C2CC2)o1. The van der Waals surface area contributed by atoms with Crippen LogP contribution in [0.1, 0.15) is 41.0 Å². The third-order valence-electron chi connectivity index (χ3n) is 4.24. The molecule has 8 heteroatoms. The Labute approximate surface area is 145 Å². The molecule has 0 bridgehead atoms. The second-order valence-electron chi connectivity index (χ2n) is 6.21. The lowest BCUT2D eigenvalue weighted by Gasteiger charge is -2.22. The Hall–Kier alpha value is -2.61. The van der Waals surface area contributed by atoms with Crippen molar-refractivity contribution in [1.29, 1.82) is 0 Å². The third kappa shape index (κ3) is 3.90. The van der Waals surface area contributed by atoms with Crippen LogP contribution in [-0.4, -0.2) is 50.7 Å². The van der Waals surface area contributed by atoms with Crippen molar-refractivity contribution in [2.75, 3.05) is 13.1 Å². The molecule has 134 valence electrons. The van der Waals surface area contributed by atoms with Crippen LogP contribution in [0, 0.1) is 6.92 Å². The van der Waals surface area contributed by atoms with E-state index in [1.807, 2.05) is 0 Å². The number of carbonyl (C=O) groups is 2. The predicted molar refractivity (Wildman–Crippen MR) is 88.7 cm³/mol. The number of rotatable bonds is 7. The van der Waals surface area contributed by atoms with E-state index in [-0.39, 0.29) is 18.5 Å². The van der Waals surface area contributed by atoms with E-state index in [1.165, 1.54) is 10.9 Å². The van der Waals surface area contributed by atoms with Crippen molar-refractivity contribution in [3.05, 3.63) is 41.6 Å². The molecule has 1 fully saturated rings. The van der Waals surface area contributed by atoms with Crippen LogP contribution >= 0.6 is 0 Å². The molecule has 0 aliphatic heterocycles. The van der Waals surface area contributed by atoms with Crippen molar-refractivity contribution < 1.29 is 19.1 Å². The maximum atomic E-state index is 12.5. The molecule has 2 amide bonds. The van der Waals surface area contributed by atoms with E-state index in [0.717, 1.165) is 12.8 Å². The Morgan fingerprint density at radius 3 is 2.76 bits per heavy atom. The van der Waals surface area contributed by atoms with Crippen molar-refractivity contribution in [3.8, 4) is 0 Å². The summed E-state index contributed by atoms with van der Waals surface area (Å²) in [6.45, 7) is 2.42. The molecule has 2 heterocycles. The molecule has 2 N–H and O–H groups in total. The van der Waals surface area contributed by atoms with Crippen molar-refractivity contribution >= 4 is 11.8 Å². The fraction of sp³-hybridized carbons (Fsp3) is 0.471. The second-order valence-corrected chi connectivity index (χ2v) is 6.21. The molecule has 1 atom stereocenters. The van der Waals surface area contributed by atoms with Crippen LogP contribution < -0.4 is 5.32 Å². The molecule has 3 rings (SSSR count). The topological polar surface area (TPSA) is 101 Å². The van der Waals surface area contributed by atoms with Gasteiger partial charge >= 0.3 is 0 Å². The van der Waals surface area contributed by atoms with Crippen molar-refractivity contribution in [3.63, 3.8) is 0 Å². The van der Waals surface area contributed by atoms with Gasteiger partial charge in [0.1, 0.15) is 5.76 Å². The van der Waals surface area contributed by atoms with Crippen molar-refractivity contribution in [2.45, 2.75) is 31.9 Å². The Morgan fingerprint density at radius 1 is 1.44 bits per heavy atom. The van der Waals surface area contributed by atoms with Crippen LogP contribution in [0.25, 0.3) is 0 Å². The van der Waals surface area contributed by atoms with Crippen LogP contribution in [0.3, 0.4) is 0 Å². The smallest absolute Gasteiger partial charge is 0.289 e. The van der Waals surface area contributed by atoms with E-state index in [0.29, 0.717) is 23.8 Å². The molecule has 0 spiro atoms. The van der Waals surface area contributed by atoms with Gasteiger partial charge in [-0.15, -0.1) is 0 Å². The Bertz CT molecular complexity index is 762. The lowest BCUT2D eigenvalue weighted by Crippen LogP contribution is -2.41. The molecule has 25 heavy (non-hydrogen) atoms. The normalized spacial score (nSPS) is 15.0. The first kappa shape index (κ1) is 17.2. The van der Waals surface area contributed by atoms with E-state index in [4.69, 9.17) is 4.42 Å². The minimum Gasteiger partial charge on any atom is -0.456 e. The number of furan rings is 1. The monoisotopic (exact) mass is 346 g/mol. The second kappa shape index (κ2) is 7.10. The summed E-state index contributed by atoms with van der Waals surface area (Å²) in [5, 5.41) is 16.7. The molecule has 0 saturated heterocycles. The van der Waals surface area contributed by atoms with Crippen LogP contribution in [0.5, 0.6) is 0 Å². The van der Waals surface area contributed by atoms with Crippen LogP contribution in [-0.2, 0) is 11.8 Å². The quantitative estimate of drug-likeness (QED) is 0.771. The van der Waals surface area contributed by atoms with E-state index in [2.05, 4.69) is 10.4 Å². The zero-order chi connectivity index (χ0) is 18.0. The van der Waals surface area contributed by atoms with E-state index >= 15 is 0 Å². The summed E-state index contributed by atoms with van der Waals surface area (Å²) < 4.78 is 6.85. The molecule has 2 aromatic heterocycles. The fourth-order valence-electron chi connectivity index (χ4n) is 2.71. The first-order valence-corrected chi connectivity index (χ1v) is 8.28. The Kier molecular flexibility index (Phi) is 4.89. The number of aromatic nitrogens is 2. The van der Waals surface area contributed by atoms with Crippen molar-refractivity contribution in [2.24, 2.45) is 7.05 Å². The minimum absolute atomic E-state index is 0.169. The third-order valence-corrected chi connectivity index (χ3v) is 4.24. The molecule has 8 nitrogen and oxygen atoms in total. The van der Waals surface area contributed by atoms with Crippen LogP contribution in [0.15, 0.2) is 28.8 Å². The summed E-state index contributed by atoms with van der Waals surface area (Å²) in [6.07, 6.45) is 2.14. The fourth-order valence-corrected chi connectivity index (χ4v) is 2.71. The Morgan fingerprint density at radius 2 is 2.20 bits per heavy atom. The molecule has 1 aliphatic rings. The van der Waals surface area contributed by atoms with Crippen LogP contribution in [0.2, 0.25) is 0 Å². The summed E-state index contributed by atoms with van der Waals surface area (Å²) in [4.78, 5) is 26.3. The standard InChI is InChI=1S/C17H22N4O4/c1-11-3-6-14(25-11)17(24)21(12-4-5-12)10-9-18-16(23)15(22)13-7-8-19-20(13)2/h3,6-8,12,15,22H,4-5,9-10H2,1-2H3,(H,18,23). The summed E-state index contributed by atoms with van der Waals surface area (Å²) in [7, 11) is 1.66. The van der Waals surface area contributed by atoms with Gasteiger partial charge in [-0.2, -0.15) is 5.10 Å². The Balaban J connectivity index is 1.55. The van der Waals surface area contributed by atoms with Gasteiger partial charge in [-0.3, -0.25) is 14.3 Å². The first-order valence-electron chi connectivity index (χ1n) is 8.28. The number of nitrogens with one attached hydrogen (secondary N) is 1. The van der Waals surface area contributed by atoms with Gasteiger partial charge in [0.2, 0.25) is 0 Å². The highest BCUT2D eigenvalue weighted by atomic mass is 16.3. The van der Waals surface area contributed by atoms with Gasteiger partial charge in [-0.05, 0) is 38.0 Å². The highest BCUT2D eigenvalue weighted by molar-refractivity contribution is 5.92. The zero-order valence-corrected chi connectivity index (χ0v) is 14.3.